The highest BCUT2D eigenvalue weighted by Gasteiger charge is 2.18. The Morgan fingerprint density at radius 3 is 2.42 bits per heavy atom. The first-order chi connectivity index (χ1) is 8.90. The average Bonchev–Trinajstić information content (AvgIpc) is 2.37. The zero-order valence-corrected chi connectivity index (χ0v) is 11.5. The quantitative estimate of drug-likeness (QED) is 0.804. The van der Waals surface area contributed by atoms with Gasteiger partial charge in [-0.05, 0) is 38.2 Å². The zero-order chi connectivity index (χ0) is 14.6. The number of hydrogen-bond donors (Lipinski definition) is 1. The van der Waals surface area contributed by atoms with E-state index in [1.165, 1.54) is 0 Å². The van der Waals surface area contributed by atoms with Crippen molar-refractivity contribution in [2.24, 2.45) is 5.73 Å². The van der Waals surface area contributed by atoms with Gasteiger partial charge in [0.05, 0.1) is 5.56 Å². The Hall–Kier alpha value is -1.33. The van der Waals surface area contributed by atoms with Crippen LogP contribution in [0.2, 0.25) is 0 Å². The smallest absolute Gasteiger partial charge is 0.165 e. The highest BCUT2D eigenvalue weighted by Crippen LogP contribution is 2.18. The van der Waals surface area contributed by atoms with E-state index >= 15 is 0 Å². The van der Waals surface area contributed by atoms with Crippen molar-refractivity contribution in [1.29, 1.82) is 0 Å². The second kappa shape index (κ2) is 6.73. The van der Waals surface area contributed by atoms with Crippen LogP contribution in [0.1, 0.15) is 29.3 Å². The number of carbonyl (C=O) groups excluding carboxylic acids is 1. The molecule has 0 heterocycles. The van der Waals surface area contributed by atoms with Gasteiger partial charge in [-0.25, -0.2) is 8.78 Å². The van der Waals surface area contributed by atoms with Gasteiger partial charge in [0.15, 0.2) is 5.78 Å². The van der Waals surface area contributed by atoms with E-state index in [9.17, 15) is 13.6 Å². The lowest BCUT2D eigenvalue weighted by Crippen LogP contribution is -2.37. The molecule has 0 saturated heterocycles. The lowest BCUT2D eigenvalue weighted by atomic mass is 10.00. The maximum Gasteiger partial charge on any atom is 0.165 e. The Labute approximate surface area is 112 Å². The van der Waals surface area contributed by atoms with Crippen LogP contribution < -0.4 is 5.73 Å². The number of hydrogen-bond acceptors (Lipinski definition) is 3. The van der Waals surface area contributed by atoms with Gasteiger partial charge in [0, 0.05) is 19.0 Å². The molecule has 1 aromatic carbocycles. The molecule has 0 amide bonds. The first-order valence-corrected chi connectivity index (χ1v) is 6.28. The number of rotatable bonds is 6. The molecule has 0 bridgehead atoms. The fraction of sp³-hybridized carbons (Fsp3) is 0.500. The Morgan fingerprint density at radius 2 is 1.95 bits per heavy atom. The van der Waals surface area contributed by atoms with Gasteiger partial charge in [0.25, 0.3) is 0 Å². The first-order valence-electron chi connectivity index (χ1n) is 6.28. The second-order valence-corrected chi connectivity index (χ2v) is 4.76. The van der Waals surface area contributed by atoms with Crippen LogP contribution in [0.15, 0.2) is 12.1 Å². The van der Waals surface area contributed by atoms with Gasteiger partial charge in [-0.2, -0.15) is 0 Å². The van der Waals surface area contributed by atoms with E-state index in [4.69, 9.17) is 5.73 Å². The molecule has 1 atom stereocenters. The third-order valence-electron chi connectivity index (χ3n) is 3.22. The van der Waals surface area contributed by atoms with Crippen LogP contribution in [-0.4, -0.2) is 37.4 Å². The topological polar surface area (TPSA) is 46.3 Å². The molecule has 3 nitrogen and oxygen atoms in total. The second-order valence-electron chi connectivity index (χ2n) is 4.76. The predicted molar refractivity (Wildman–Crippen MR) is 71.2 cm³/mol. The highest BCUT2D eigenvalue weighted by molar-refractivity contribution is 5.96. The van der Waals surface area contributed by atoms with Crippen LogP contribution in [0.5, 0.6) is 0 Å². The minimum Gasteiger partial charge on any atom is -0.329 e. The van der Waals surface area contributed by atoms with Crippen molar-refractivity contribution in [3.63, 3.8) is 0 Å². The van der Waals surface area contributed by atoms with E-state index in [2.05, 4.69) is 0 Å². The molecule has 0 aliphatic rings. The number of nitrogens with zero attached hydrogens (tertiary/aromatic N) is 1. The third kappa shape index (κ3) is 3.81. The fourth-order valence-corrected chi connectivity index (χ4v) is 1.88. The summed E-state index contributed by atoms with van der Waals surface area (Å²) in [5, 5.41) is 0. The minimum absolute atomic E-state index is 0.0679. The lowest BCUT2D eigenvalue weighted by Gasteiger charge is -2.23. The number of likely N-dealkylation sites (N-methyl/N-ethyl adjacent to an activating group) is 1. The molecule has 1 aromatic rings. The number of benzene rings is 1. The Bertz CT molecular complexity index is 461. The SMILES string of the molecule is CCC(=O)c1cc(F)c(C[C@@H](CN)N(C)C)cc1F. The Morgan fingerprint density at radius 1 is 1.32 bits per heavy atom. The van der Waals surface area contributed by atoms with Crippen LogP contribution in [0, 0.1) is 11.6 Å². The molecule has 1 rings (SSSR count). The number of Topliss-reactive ketones (excluding diaryl/α,β-unsaturated/α-hetero) is 1. The van der Waals surface area contributed by atoms with Gasteiger partial charge in [0.2, 0.25) is 0 Å². The molecule has 19 heavy (non-hydrogen) atoms. The van der Waals surface area contributed by atoms with Crippen molar-refractivity contribution < 1.29 is 13.6 Å². The summed E-state index contributed by atoms with van der Waals surface area (Å²) in [6.45, 7) is 1.97. The van der Waals surface area contributed by atoms with Gasteiger partial charge in [-0.15, -0.1) is 0 Å². The molecular weight excluding hydrogens is 250 g/mol. The molecule has 0 spiro atoms. The summed E-state index contributed by atoms with van der Waals surface area (Å²) in [6, 6.07) is 2.02. The third-order valence-corrected chi connectivity index (χ3v) is 3.22. The van der Waals surface area contributed by atoms with Crippen molar-refractivity contribution in [2.75, 3.05) is 20.6 Å². The van der Waals surface area contributed by atoms with Crippen LogP contribution in [0.4, 0.5) is 8.78 Å². The molecule has 0 radical (unpaired) electrons. The standard InChI is InChI=1S/C14H20F2N2O/c1-4-14(19)11-7-12(15)9(6-13(11)16)5-10(8-17)18(2)3/h6-7,10H,4-5,8,17H2,1-3H3/t10-/m0/s1. The van der Waals surface area contributed by atoms with Crippen molar-refractivity contribution in [1.82, 2.24) is 4.90 Å². The summed E-state index contributed by atoms with van der Waals surface area (Å²) in [4.78, 5) is 13.3. The predicted octanol–water partition coefficient (Wildman–Crippen LogP) is 1.99. The van der Waals surface area contributed by atoms with E-state index in [0.717, 1.165) is 12.1 Å². The van der Waals surface area contributed by atoms with Crippen molar-refractivity contribution in [2.45, 2.75) is 25.8 Å². The van der Waals surface area contributed by atoms with E-state index in [-0.39, 0.29) is 23.6 Å². The number of ketones is 1. The summed E-state index contributed by atoms with van der Waals surface area (Å²) in [5.41, 5.74) is 5.66. The summed E-state index contributed by atoms with van der Waals surface area (Å²) in [7, 11) is 3.67. The molecule has 0 saturated carbocycles. The zero-order valence-electron chi connectivity index (χ0n) is 11.5. The van der Waals surface area contributed by atoms with E-state index in [1.807, 2.05) is 19.0 Å². The van der Waals surface area contributed by atoms with Crippen molar-refractivity contribution in [3.8, 4) is 0 Å². The normalized spacial score (nSPS) is 12.8. The van der Waals surface area contributed by atoms with Gasteiger partial charge in [-0.3, -0.25) is 4.79 Å². The molecule has 0 unspecified atom stereocenters. The lowest BCUT2D eigenvalue weighted by molar-refractivity contribution is 0.0983. The van der Waals surface area contributed by atoms with Crippen molar-refractivity contribution in [3.05, 3.63) is 34.9 Å². The molecular formula is C14H20F2N2O. The van der Waals surface area contributed by atoms with Crippen LogP contribution in [-0.2, 0) is 6.42 Å². The molecule has 0 aliphatic heterocycles. The summed E-state index contributed by atoms with van der Waals surface area (Å²) in [5.74, 6) is -1.62. The molecule has 5 heteroatoms. The Kier molecular flexibility index (Phi) is 5.57. The average molecular weight is 270 g/mol. The maximum absolute atomic E-state index is 13.9. The van der Waals surface area contributed by atoms with E-state index in [1.54, 1.807) is 6.92 Å². The van der Waals surface area contributed by atoms with Gasteiger partial charge < -0.3 is 10.6 Å². The van der Waals surface area contributed by atoms with Crippen LogP contribution in [0.3, 0.4) is 0 Å². The monoisotopic (exact) mass is 270 g/mol. The van der Waals surface area contributed by atoms with Gasteiger partial charge in [-0.1, -0.05) is 6.92 Å². The van der Waals surface area contributed by atoms with Crippen molar-refractivity contribution >= 4 is 5.78 Å². The number of nitrogens with two attached hydrogens (primary N) is 1. The maximum atomic E-state index is 13.9. The number of halogens is 2. The van der Waals surface area contributed by atoms with Gasteiger partial charge in [0.1, 0.15) is 11.6 Å². The van der Waals surface area contributed by atoms with Crippen LogP contribution >= 0.6 is 0 Å². The summed E-state index contributed by atoms with van der Waals surface area (Å²) in [6.07, 6.45) is 0.464. The molecule has 0 aliphatic carbocycles. The largest absolute Gasteiger partial charge is 0.329 e. The molecule has 0 aromatic heterocycles. The highest BCUT2D eigenvalue weighted by atomic mass is 19.1. The van der Waals surface area contributed by atoms with E-state index in [0.29, 0.717) is 13.0 Å². The van der Waals surface area contributed by atoms with Gasteiger partial charge >= 0.3 is 0 Å². The first kappa shape index (κ1) is 15.7. The summed E-state index contributed by atoms with van der Waals surface area (Å²) < 4.78 is 27.7. The molecule has 2 N–H and O–H groups in total. The summed E-state index contributed by atoms with van der Waals surface area (Å²) >= 11 is 0. The molecule has 106 valence electrons. The van der Waals surface area contributed by atoms with E-state index < -0.39 is 17.4 Å². The minimum atomic E-state index is -0.669. The number of carbonyl (C=O) groups is 1. The Balaban J connectivity index is 3.05. The molecule has 0 fully saturated rings. The fourth-order valence-electron chi connectivity index (χ4n) is 1.88. The van der Waals surface area contributed by atoms with Crippen LogP contribution in [0.25, 0.3) is 0 Å².